The van der Waals surface area contributed by atoms with Crippen LogP contribution in [0.2, 0.25) is 0 Å². The zero-order valence-electron chi connectivity index (χ0n) is 15.3. The second kappa shape index (κ2) is 6.62. The lowest BCUT2D eigenvalue weighted by molar-refractivity contribution is -0.384. The van der Waals surface area contributed by atoms with Crippen molar-refractivity contribution in [2.75, 3.05) is 5.32 Å². The largest absolute Gasteiger partial charge is 0.328 e. The fourth-order valence-electron chi connectivity index (χ4n) is 3.85. The van der Waals surface area contributed by atoms with Gasteiger partial charge in [-0.25, -0.2) is 4.68 Å². The summed E-state index contributed by atoms with van der Waals surface area (Å²) in [5, 5.41) is 19.0. The van der Waals surface area contributed by atoms with Crippen LogP contribution in [0.15, 0.2) is 59.9 Å². The number of benzene rings is 1. The summed E-state index contributed by atoms with van der Waals surface area (Å²) in [5.41, 5.74) is 2.72. The summed E-state index contributed by atoms with van der Waals surface area (Å²) < 4.78 is 1.65. The van der Waals surface area contributed by atoms with E-state index in [1.807, 2.05) is 18.2 Å². The molecule has 29 heavy (non-hydrogen) atoms. The molecule has 9 heteroatoms. The maximum absolute atomic E-state index is 12.8. The van der Waals surface area contributed by atoms with Crippen LogP contribution in [-0.2, 0) is 4.79 Å². The first-order valence-electron chi connectivity index (χ1n) is 9.27. The van der Waals surface area contributed by atoms with Gasteiger partial charge in [0.05, 0.1) is 10.6 Å². The van der Waals surface area contributed by atoms with Crippen LogP contribution in [0.5, 0.6) is 0 Å². The first-order valence-corrected chi connectivity index (χ1v) is 9.27. The van der Waals surface area contributed by atoms with E-state index in [2.05, 4.69) is 20.4 Å². The zero-order chi connectivity index (χ0) is 20.0. The van der Waals surface area contributed by atoms with Crippen molar-refractivity contribution in [2.45, 2.75) is 25.3 Å². The van der Waals surface area contributed by atoms with Gasteiger partial charge >= 0.3 is 0 Å². The number of non-ortho nitro benzene ring substituents is 1. The molecule has 9 nitrogen and oxygen atoms in total. The maximum Gasteiger partial charge on any atom is 0.270 e. The highest BCUT2D eigenvalue weighted by Gasteiger charge is 2.37. The average Bonchev–Trinajstić information content (AvgIpc) is 3.17. The number of anilines is 1. The van der Waals surface area contributed by atoms with Gasteiger partial charge in [0.2, 0.25) is 5.95 Å². The predicted octanol–water partition coefficient (Wildman–Crippen LogP) is 3.27. The Morgan fingerprint density at radius 1 is 1.17 bits per heavy atom. The third-order valence-electron chi connectivity index (χ3n) is 5.15. The van der Waals surface area contributed by atoms with E-state index in [0.717, 1.165) is 18.5 Å². The van der Waals surface area contributed by atoms with Gasteiger partial charge in [-0.1, -0.05) is 18.2 Å². The van der Waals surface area contributed by atoms with E-state index in [0.29, 0.717) is 35.0 Å². The van der Waals surface area contributed by atoms with Crippen LogP contribution in [-0.4, -0.2) is 30.5 Å². The van der Waals surface area contributed by atoms with Crippen molar-refractivity contribution in [1.82, 2.24) is 19.7 Å². The standard InChI is InChI=1S/C20H16N6O3/c27-16-9-4-8-14-17(16)18(15-7-1-2-10-21-15)25-20(22-14)23-19(24-25)12-5-3-6-13(11-12)26(28)29/h1-3,5-7,10-11,18H,4,8-9H2,(H,22,23,24). The molecule has 0 fully saturated rings. The molecule has 3 aromatic rings. The quantitative estimate of drug-likeness (QED) is 0.541. The topological polar surface area (TPSA) is 116 Å². The molecule has 1 aliphatic heterocycles. The second-order valence-electron chi connectivity index (χ2n) is 6.96. The van der Waals surface area contributed by atoms with E-state index in [9.17, 15) is 14.9 Å². The van der Waals surface area contributed by atoms with Crippen molar-refractivity contribution in [3.8, 4) is 11.4 Å². The fraction of sp³-hybridized carbons (Fsp3) is 0.200. The minimum Gasteiger partial charge on any atom is -0.328 e. The molecule has 1 aromatic carbocycles. The number of hydrogen-bond acceptors (Lipinski definition) is 7. The van der Waals surface area contributed by atoms with Gasteiger partial charge in [-0.3, -0.25) is 19.9 Å². The van der Waals surface area contributed by atoms with Crippen LogP contribution in [0.4, 0.5) is 11.6 Å². The Kier molecular flexibility index (Phi) is 3.94. The minimum absolute atomic E-state index is 0.0305. The van der Waals surface area contributed by atoms with Gasteiger partial charge in [0, 0.05) is 41.6 Å². The summed E-state index contributed by atoms with van der Waals surface area (Å²) in [4.78, 5) is 32.4. The van der Waals surface area contributed by atoms with Crippen LogP contribution in [0.25, 0.3) is 11.4 Å². The van der Waals surface area contributed by atoms with Crippen LogP contribution in [0, 0.1) is 10.1 Å². The Hall–Kier alpha value is -3.88. The van der Waals surface area contributed by atoms with Gasteiger partial charge in [0.25, 0.3) is 5.69 Å². The number of nitro benzene ring substituents is 1. The molecule has 3 heterocycles. The minimum atomic E-state index is -0.477. The summed E-state index contributed by atoms with van der Waals surface area (Å²) in [5.74, 6) is 0.924. The molecule has 1 unspecified atom stereocenters. The lowest BCUT2D eigenvalue weighted by atomic mass is 9.87. The summed E-state index contributed by atoms with van der Waals surface area (Å²) >= 11 is 0. The molecule has 0 bridgehead atoms. The first kappa shape index (κ1) is 17.2. The van der Waals surface area contributed by atoms with Crippen LogP contribution < -0.4 is 5.32 Å². The van der Waals surface area contributed by atoms with E-state index in [1.54, 1.807) is 23.0 Å². The molecule has 1 atom stereocenters. The van der Waals surface area contributed by atoms with Gasteiger partial charge < -0.3 is 5.32 Å². The maximum atomic E-state index is 12.8. The van der Waals surface area contributed by atoms with Gasteiger partial charge in [-0.15, -0.1) is 5.10 Å². The number of Topliss-reactive ketones (excluding diaryl/α,β-unsaturated/α-hetero) is 1. The Morgan fingerprint density at radius 3 is 2.86 bits per heavy atom. The van der Waals surface area contributed by atoms with Gasteiger partial charge in [0.1, 0.15) is 6.04 Å². The van der Waals surface area contributed by atoms with E-state index >= 15 is 0 Å². The number of ketones is 1. The lowest BCUT2D eigenvalue weighted by Crippen LogP contribution is -2.32. The number of hydrogen-bond donors (Lipinski definition) is 1. The summed E-state index contributed by atoms with van der Waals surface area (Å²) in [7, 11) is 0. The number of pyridine rings is 1. The molecule has 0 saturated heterocycles. The molecule has 2 aromatic heterocycles. The monoisotopic (exact) mass is 388 g/mol. The molecule has 0 saturated carbocycles. The zero-order valence-corrected chi connectivity index (χ0v) is 15.3. The van der Waals surface area contributed by atoms with Gasteiger partial charge in [0.15, 0.2) is 11.6 Å². The second-order valence-corrected chi connectivity index (χ2v) is 6.96. The molecule has 0 amide bonds. The first-order chi connectivity index (χ1) is 14.1. The number of carbonyl (C=O) groups is 1. The van der Waals surface area contributed by atoms with E-state index < -0.39 is 11.0 Å². The molecule has 144 valence electrons. The van der Waals surface area contributed by atoms with Crippen molar-refractivity contribution < 1.29 is 9.72 Å². The highest BCUT2D eigenvalue weighted by atomic mass is 16.6. The number of allylic oxidation sites excluding steroid dienone is 2. The third kappa shape index (κ3) is 2.87. The molecule has 2 aliphatic rings. The number of nitrogens with zero attached hydrogens (tertiary/aromatic N) is 5. The van der Waals surface area contributed by atoms with E-state index in [1.165, 1.54) is 12.1 Å². The highest BCUT2D eigenvalue weighted by Crippen LogP contribution is 2.40. The number of nitro groups is 1. The van der Waals surface area contributed by atoms with Crippen molar-refractivity contribution >= 4 is 17.4 Å². The summed E-state index contributed by atoms with van der Waals surface area (Å²) in [6, 6.07) is 11.3. The lowest BCUT2D eigenvalue weighted by Gasteiger charge is -2.31. The SMILES string of the molecule is O=C1CCCC2=C1C(c1ccccn1)n1nc(-c3cccc([N+](=O)[O-])c3)nc1N2. The molecule has 5 rings (SSSR count). The number of nitrogens with one attached hydrogen (secondary N) is 1. The predicted molar refractivity (Wildman–Crippen MR) is 104 cm³/mol. The summed E-state index contributed by atoms with van der Waals surface area (Å²) in [6.07, 6.45) is 3.71. The Morgan fingerprint density at radius 2 is 2.07 bits per heavy atom. The normalized spacial score (nSPS) is 18.1. The molecule has 1 aliphatic carbocycles. The van der Waals surface area contributed by atoms with Gasteiger partial charge in [-0.2, -0.15) is 4.98 Å². The van der Waals surface area contributed by atoms with Crippen molar-refractivity contribution in [3.05, 3.63) is 75.7 Å². The summed E-state index contributed by atoms with van der Waals surface area (Å²) in [6.45, 7) is 0. The molecular weight excluding hydrogens is 372 g/mol. The van der Waals surface area contributed by atoms with Crippen molar-refractivity contribution in [3.63, 3.8) is 0 Å². The fourth-order valence-corrected chi connectivity index (χ4v) is 3.85. The van der Waals surface area contributed by atoms with Crippen LogP contribution in [0.1, 0.15) is 31.0 Å². The van der Waals surface area contributed by atoms with Crippen LogP contribution in [0.3, 0.4) is 0 Å². The number of carbonyl (C=O) groups excluding carboxylic acids is 1. The Balaban J connectivity index is 1.66. The smallest absolute Gasteiger partial charge is 0.270 e. The van der Waals surface area contributed by atoms with Crippen molar-refractivity contribution in [1.29, 1.82) is 0 Å². The average molecular weight is 388 g/mol. The molecule has 0 radical (unpaired) electrons. The third-order valence-corrected chi connectivity index (χ3v) is 5.15. The highest BCUT2D eigenvalue weighted by molar-refractivity contribution is 5.99. The number of fused-ring (bicyclic) bond motifs is 1. The van der Waals surface area contributed by atoms with Crippen LogP contribution >= 0.6 is 0 Å². The van der Waals surface area contributed by atoms with Gasteiger partial charge in [-0.05, 0) is 25.0 Å². The Bertz CT molecular complexity index is 1170. The number of rotatable bonds is 3. The van der Waals surface area contributed by atoms with E-state index in [4.69, 9.17) is 0 Å². The van der Waals surface area contributed by atoms with Crippen molar-refractivity contribution in [2.24, 2.45) is 0 Å². The molecular formula is C20H16N6O3. The molecule has 1 N–H and O–H groups in total. The number of aromatic nitrogens is 4. The van der Waals surface area contributed by atoms with E-state index in [-0.39, 0.29) is 11.5 Å². The Labute approximate surface area is 165 Å². The molecule has 0 spiro atoms.